The summed E-state index contributed by atoms with van der Waals surface area (Å²) in [6, 6.07) is 11.0. The van der Waals surface area contributed by atoms with Crippen molar-refractivity contribution in [3.05, 3.63) is 74.3 Å². The number of nitrogens with zero attached hydrogens (tertiary/aromatic N) is 1. The van der Waals surface area contributed by atoms with Crippen molar-refractivity contribution in [1.82, 2.24) is 5.32 Å². The first-order chi connectivity index (χ1) is 11.9. The maximum absolute atomic E-state index is 12.0. The number of nitro benzene ring substituents is 1. The Morgan fingerprint density at radius 1 is 1.20 bits per heavy atom. The van der Waals surface area contributed by atoms with Crippen LogP contribution in [0.3, 0.4) is 0 Å². The Morgan fingerprint density at radius 3 is 2.52 bits per heavy atom. The summed E-state index contributed by atoms with van der Waals surface area (Å²) in [6.07, 6.45) is 0. The highest BCUT2D eigenvalue weighted by molar-refractivity contribution is 6.30. The molecule has 1 N–H and O–H groups in total. The molecule has 130 valence electrons. The van der Waals surface area contributed by atoms with E-state index < -0.39 is 23.4 Å². The number of nitrogens with one attached hydrogen (secondary N) is 1. The van der Waals surface area contributed by atoms with Crippen molar-refractivity contribution in [3.63, 3.8) is 0 Å². The number of carbonyl (C=O) groups excluding carboxylic acids is 2. The molecule has 0 atom stereocenters. The molecule has 2 aromatic carbocycles. The SMILES string of the molecule is Cc1c(C(=O)OCC(=O)NCc2ccc(Cl)cc2)cccc1[N+](=O)[O-]. The van der Waals surface area contributed by atoms with E-state index in [0.717, 1.165) is 5.56 Å². The van der Waals surface area contributed by atoms with Crippen LogP contribution in [0.5, 0.6) is 0 Å². The number of hydrogen-bond acceptors (Lipinski definition) is 5. The van der Waals surface area contributed by atoms with Gasteiger partial charge in [0.25, 0.3) is 11.6 Å². The van der Waals surface area contributed by atoms with E-state index >= 15 is 0 Å². The van der Waals surface area contributed by atoms with Crippen molar-refractivity contribution in [3.8, 4) is 0 Å². The van der Waals surface area contributed by atoms with E-state index in [9.17, 15) is 19.7 Å². The molecule has 0 unspecified atom stereocenters. The van der Waals surface area contributed by atoms with Crippen LogP contribution < -0.4 is 5.32 Å². The maximum Gasteiger partial charge on any atom is 0.339 e. The van der Waals surface area contributed by atoms with E-state index in [1.807, 2.05) is 0 Å². The van der Waals surface area contributed by atoms with Crippen molar-refractivity contribution in [2.24, 2.45) is 0 Å². The minimum atomic E-state index is -0.789. The Balaban J connectivity index is 1.89. The smallest absolute Gasteiger partial charge is 0.339 e. The van der Waals surface area contributed by atoms with Gasteiger partial charge in [0.2, 0.25) is 0 Å². The minimum Gasteiger partial charge on any atom is -0.452 e. The summed E-state index contributed by atoms with van der Waals surface area (Å²) in [7, 11) is 0. The first kappa shape index (κ1) is 18.4. The summed E-state index contributed by atoms with van der Waals surface area (Å²) in [5.74, 6) is -1.27. The van der Waals surface area contributed by atoms with Crippen molar-refractivity contribution in [1.29, 1.82) is 0 Å². The van der Waals surface area contributed by atoms with Crippen LogP contribution in [0.4, 0.5) is 5.69 Å². The molecular weight excluding hydrogens is 348 g/mol. The summed E-state index contributed by atoms with van der Waals surface area (Å²) in [4.78, 5) is 34.1. The summed E-state index contributed by atoms with van der Waals surface area (Å²) in [5.41, 5.74) is 0.916. The van der Waals surface area contributed by atoms with E-state index in [0.29, 0.717) is 5.02 Å². The molecule has 25 heavy (non-hydrogen) atoms. The fourth-order valence-corrected chi connectivity index (χ4v) is 2.23. The lowest BCUT2D eigenvalue weighted by atomic mass is 10.1. The molecule has 8 heteroatoms. The zero-order valence-electron chi connectivity index (χ0n) is 13.3. The van der Waals surface area contributed by atoms with E-state index in [4.69, 9.17) is 16.3 Å². The number of nitro groups is 1. The Hall–Kier alpha value is -2.93. The lowest BCUT2D eigenvalue weighted by Crippen LogP contribution is -2.28. The largest absolute Gasteiger partial charge is 0.452 e. The van der Waals surface area contributed by atoms with E-state index in [1.54, 1.807) is 24.3 Å². The molecule has 0 aliphatic rings. The maximum atomic E-state index is 12.0. The van der Waals surface area contributed by atoms with Crippen LogP contribution >= 0.6 is 11.6 Å². The predicted octanol–water partition coefficient (Wildman–Crippen LogP) is 3.03. The highest BCUT2D eigenvalue weighted by atomic mass is 35.5. The lowest BCUT2D eigenvalue weighted by Gasteiger charge is -2.08. The molecule has 0 aliphatic carbocycles. The molecule has 1 amide bonds. The van der Waals surface area contributed by atoms with Gasteiger partial charge in [-0.25, -0.2) is 4.79 Å². The number of amides is 1. The normalized spacial score (nSPS) is 10.2. The van der Waals surface area contributed by atoms with Crippen LogP contribution in [0.25, 0.3) is 0 Å². The van der Waals surface area contributed by atoms with E-state index in [-0.39, 0.29) is 23.4 Å². The van der Waals surface area contributed by atoms with Gasteiger partial charge in [0.1, 0.15) is 0 Å². The molecule has 0 heterocycles. The molecule has 7 nitrogen and oxygen atoms in total. The van der Waals surface area contributed by atoms with Gasteiger partial charge < -0.3 is 10.1 Å². The molecule has 0 aliphatic heterocycles. The van der Waals surface area contributed by atoms with Gasteiger partial charge in [0.15, 0.2) is 6.61 Å². The van der Waals surface area contributed by atoms with Gasteiger partial charge in [-0.3, -0.25) is 14.9 Å². The number of rotatable bonds is 6. The van der Waals surface area contributed by atoms with Gasteiger partial charge in [-0.2, -0.15) is 0 Å². The number of halogens is 1. The summed E-state index contributed by atoms with van der Waals surface area (Å²) in [5, 5.41) is 14.1. The number of hydrogen-bond donors (Lipinski definition) is 1. The molecule has 0 bridgehead atoms. The quantitative estimate of drug-likeness (QED) is 0.483. The molecule has 0 saturated carbocycles. The topological polar surface area (TPSA) is 98.5 Å². The Morgan fingerprint density at radius 2 is 1.88 bits per heavy atom. The van der Waals surface area contributed by atoms with Crippen molar-refractivity contribution < 1.29 is 19.2 Å². The van der Waals surface area contributed by atoms with Crippen LogP contribution in [0.15, 0.2) is 42.5 Å². The third kappa shape index (κ3) is 5.02. The number of esters is 1. The molecule has 2 aromatic rings. The number of carbonyl (C=O) groups is 2. The molecule has 0 saturated heterocycles. The van der Waals surface area contributed by atoms with Gasteiger partial charge in [0, 0.05) is 23.2 Å². The Labute approximate surface area is 148 Å². The fourth-order valence-electron chi connectivity index (χ4n) is 2.11. The Kier molecular flexibility index (Phi) is 6.08. The first-order valence-corrected chi connectivity index (χ1v) is 7.68. The second-order valence-corrected chi connectivity index (χ2v) is 5.62. The van der Waals surface area contributed by atoms with Crippen LogP contribution in [-0.4, -0.2) is 23.4 Å². The average Bonchev–Trinajstić information content (AvgIpc) is 2.59. The van der Waals surface area contributed by atoms with Crippen LogP contribution in [0.1, 0.15) is 21.5 Å². The first-order valence-electron chi connectivity index (χ1n) is 7.30. The number of benzene rings is 2. The van der Waals surface area contributed by atoms with Gasteiger partial charge in [-0.15, -0.1) is 0 Å². The molecule has 0 radical (unpaired) electrons. The lowest BCUT2D eigenvalue weighted by molar-refractivity contribution is -0.385. The van der Waals surface area contributed by atoms with Crippen molar-refractivity contribution in [2.45, 2.75) is 13.5 Å². The van der Waals surface area contributed by atoms with Gasteiger partial charge in [0.05, 0.1) is 10.5 Å². The monoisotopic (exact) mass is 362 g/mol. The Bertz CT molecular complexity index is 805. The highest BCUT2D eigenvalue weighted by Gasteiger charge is 2.19. The van der Waals surface area contributed by atoms with Crippen molar-refractivity contribution in [2.75, 3.05) is 6.61 Å². The summed E-state index contributed by atoms with van der Waals surface area (Å²) in [6.45, 7) is 1.24. The van der Waals surface area contributed by atoms with Gasteiger partial charge in [-0.1, -0.05) is 29.8 Å². The van der Waals surface area contributed by atoms with E-state index in [2.05, 4.69) is 5.32 Å². The fraction of sp³-hybridized carbons (Fsp3) is 0.176. The standard InChI is InChI=1S/C17H15ClN2O5/c1-11-14(3-2-4-15(11)20(23)24)17(22)25-10-16(21)19-9-12-5-7-13(18)8-6-12/h2-8H,9-10H2,1H3,(H,19,21). The van der Waals surface area contributed by atoms with Gasteiger partial charge >= 0.3 is 5.97 Å². The second-order valence-electron chi connectivity index (χ2n) is 5.19. The van der Waals surface area contributed by atoms with Gasteiger partial charge in [-0.05, 0) is 30.7 Å². The molecule has 0 spiro atoms. The summed E-state index contributed by atoms with van der Waals surface area (Å²) < 4.78 is 4.92. The third-order valence-corrected chi connectivity index (χ3v) is 3.71. The average molecular weight is 363 g/mol. The molecular formula is C17H15ClN2O5. The molecule has 0 aromatic heterocycles. The van der Waals surface area contributed by atoms with Crippen LogP contribution in [-0.2, 0) is 16.1 Å². The highest BCUT2D eigenvalue weighted by Crippen LogP contribution is 2.21. The zero-order chi connectivity index (χ0) is 18.4. The molecule has 2 rings (SSSR count). The predicted molar refractivity (Wildman–Crippen MR) is 91.4 cm³/mol. The molecule has 0 fully saturated rings. The van der Waals surface area contributed by atoms with E-state index in [1.165, 1.54) is 25.1 Å². The second kappa shape index (κ2) is 8.25. The van der Waals surface area contributed by atoms with Crippen LogP contribution in [0, 0.1) is 17.0 Å². The third-order valence-electron chi connectivity index (χ3n) is 3.46. The van der Waals surface area contributed by atoms with Crippen LogP contribution in [0.2, 0.25) is 5.02 Å². The zero-order valence-corrected chi connectivity index (χ0v) is 14.1. The van der Waals surface area contributed by atoms with Crippen molar-refractivity contribution >= 4 is 29.2 Å². The summed E-state index contributed by atoms with van der Waals surface area (Å²) >= 11 is 5.77. The number of ether oxygens (including phenoxy) is 1. The minimum absolute atomic E-state index is 0.0553.